The second-order valence-electron chi connectivity index (χ2n) is 1.83. The number of carbonyl (C=O) groups excluding carboxylic acids is 1. The number of aliphatic hydroxyl groups excluding tert-OH is 1. The summed E-state index contributed by atoms with van der Waals surface area (Å²) in [6.45, 7) is -0.0360. The topological polar surface area (TPSA) is 46.5 Å². The van der Waals surface area contributed by atoms with Crippen LogP contribution in [0.15, 0.2) is 0 Å². The van der Waals surface area contributed by atoms with Crippen LogP contribution in [0.4, 0.5) is 4.39 Å². The summed E-state index contributed by atoms with van der Waals surface area (Å²) >= 11 is 0. The van der Waals surface area contributed by atoms with Crippen molar-refractivity contribution in [3.63, 3.8) is 0 Å². The number of hydrogen-bond acceptors (Lipinski definition) is 3. The highest BCUT2D eigenvalue weighted by Crippen LogP contribution is 2.11. The zero-order valence-corrected chi connectivity index (χ0v) is 5.84. The van der Waals surface area contributed by atoms with Crippen molar-refractivity contribution in [2.75, 3.05) is 13.8 Å². The zero-order chi connectivity index (χ0) is 7.98. The van der Waals surface area contributed by atoms with E-state index in [9.17, 15) is 9.18 Å². The molecule has 60 valence electrons. The number of esters is 1. The molecule has 1 unspecified atom stereocenters. The van der Waals surface area contributed by atoms with Gasteiger partial charge in [-0.1, -0.05) is 0 Å². The van der Waals surface area contributed by atoms with Gasteiger partial charge in [0.05, 0.1) is 13.8 Å². The average Bonchev–Trinajstić information content (AvgIpc) is 2.40. The van der Waals surface area contributed by atoms with Gasteiger partial charge in [-0.15, -0.1) is 0 Å². The molecule has 3 nitrogen and oxygen atoms in total. The predicted molar refractivity (Wildman–Crippen MR) is 33.2 cm³/mol. The molecule has 1 fully saturated rings. The molecule has 0 aromatic carbocycles. The summed E-state index contributed by atoms with van der Waals surface area (Å²) in [5.41, 5.74) is 0. The summed E-state index contributed by atoms with van der Waals surface area (Å²) in [7, 11) is 0.500. The minimum atomic E-state index is -0.220. The van der Waals surface area contributed by atoms with Gasteiger partial charge in [0.25, 0.3) is 0 Å². The minimum absolute atomic E-state index is 0.0360. The van der Waals surface area contributed by atoms with Crippen molar-refractivity contribution in [1.82, 2.24) is 0 Å². The minimum Gasteiger partial charge on any atom is -0.460 e. The van der Waals surface area contributed by atoms with Crippen LogP contribution in [0, 0.1) is 0 Å². The lowest BCUT2D eigenvalue weighted by molar-refractivity contribution is -0.142. The van der Waals surface area contributed by atoms with E-state index in [1.54, 1.807) is 0 Å². The molecule has 1 aliphatic rings. The lowest BCUT2D eigenvalue weighted by Gasteiger charge is -2.01. The van der Waals surface area contributed by atoms with Gasteiger partial charge in [0.2, 0.25) is 0 Å². The van der Waals surface area contributed by atoms with Crippen LogP contribution in [0.2, 0.25) is 0 Å². The van der Waals surface area contributed by atoms with Crippen molar-refractivity contribution in [3.8, 4) is 0 Å². The fourth-order valence-electron chi connectivity index (χ4n) is 0.711. The molecule has 1 aliphatic heterocycles. The van der Waals surface area contributed by atoms with E-state index in [1.807, 2.05) is 0 Å². The molecule has 1 saturated heterocycles. The molecule has 0 spiro atoms. The van der Waals surface area contributed by atoms with E-state index in [4.69, 9.17) is 5.11 Å². The molecule has 0 aromatic rings. The fourth-order valence-corrected chi connectivity index (χ4v) is 0.711. The van der Waals surface area contributed by atoms with Gasteiger partial charge < -0.3 is 9.84 Å². The Morgan fingerprint density at radius 2 is 2.40 bits per heavy atom. The van der Waals surface area contributed by atoms with Crippen molar-refractivity contribution in [1.29, 1.82) is 0 Å². The number of halogens is 1. The largest absolute Gasteiger partial charge is 0.460 e. The molecule has 10 heavy (non-hydrogen) atoms. The first-order chi connectivity index (χ1) is 4.83. The average molecular weight is 150 g/mol. The van der Waals surface area contributed by atoms with Crippen molar-refractivity contribution >= 4 is 5.97 Å². The van der Waals surface area contributed by atoms with E-state index in [0.717, 1.165) is 0 Å². The highest BCUT2D eigenvalue weighted by molar-refractivity contribution is 5.71. The maximum atomic E-state index is 10.3. The van der Waals surface area contributed by atoms with Crippen LogP contribution in [0.1, 0.15) is 12.8 Å². The van der Waals surface area contributed by atoms with E-state index in [2.05, 4.69) is 4.74 Å². The Hall–Kier alpha value is -0.640. The third kappa shape index (κ3) is 2.77. The third-order valence-corrected chi connectivity index (χ3v) is 1.17. The number of hydrogen-bond donors (Lipinski definition) is 1. The Balaban J connectivity index is 0.000000371. The highest BCUT2D eigenvalue weighted by Gasteiger charge is 2.21. The monoisotopic (exact) mass is 150 g/mol. The molecule has 1 heterocycles. The number of aliphatic hydroxyl groups is 1. The molecule has 0 saturated carbocycles. The van der Waals surface area contributed by atoms with Crippen LogP contribution >= 0.6 is 0 Å². The standard InChI is InChI=1S/C5H8O3.CH3F/c6-3-4-1-2-5(7)8-4;1-2/h4,6H,1-3H2;1H3. The maximum absolute atomic E-state index is 10.3. The number of cyclic esters (lactones) is 1. The highest BCUT2D eigenvalue weighted by atomic mass is 19.1. The fraction of sp³-hybridized carbons (Fsp3) is 0.833. The predicted octanol–water partition coefficient (Wildman–Crippen LogP) is 0.270. The summed E-state index contributed by atoms with van der Waals surface area (Å²) in [6.07, 6.45) is 0.920. The summed E-state index contributed by atoms with van der Waals surface area (Å²) in [5, 5.41) is 8.41. The quantitative estimate of drug-likeness (QED) is 0.546. The van der Waals surface area contributed by atoms with E-state index < -0.39 is 0 Å². The number of alkyl halides is 1. The van der Waals surface area contributed by atoms with E-state index in [1.165, 1.54) is 0 Å². The third-order valence-electron chi connectivity index (χ3n) is 1.17. The second-order valence-corrected chi connectivity index (χ2v) is 1.83. The van der Waals surface area contributed by atoms with Gasteiger partial charge in [-0.2, -0.15) is 0 Å². The van der Waals surface area contributed by atoms with Gasteiger partial charge in [0, 0.05) is 6.42 Å². The van der Waals surface area contributed by atoms with Gasteiger partial charge in [0.1, 0.15) is 6.10 Å². The molecule has 0 radical (unpaired) electrons. The van der Waals surface area contributed by atoms with Gasteiger partial charge in [-0.25, -0.2) is 0 Å². The second kappa shape index (κ2) is 5.17. The van der Waals surface area contributed by atoms with Crippen LogP contribution in [-0.2, 0) is 9.53 Å². The van der Waals surface area contributed by atoms with Crippen molar-refractivity contribution in [2.45, 2.75) is 18.9 Å². The molecule has 0 amide bonds. The van der Waals surface area contributed by atoms with Gasteiger partial charge in [-0.05, 0) is 6.42 Å². The lowest BCUT2D eigenvalue weighted by atomic mass is 10.2. The molecule has 1 rings (SSSR count). The Bertz CT molecular complexity index is 105. The number of ether oxygens (including phenoxy) is 1. The summed E-state index contributed by atoms with van der Waals surface area (Å²) < 4.78 is 14.1. The Kier molecular flexibility index (Phi) is 4.84. The van der Waals surface area contributed by atoms with Gasteiger partial charge in [-0.3, -0.25) is 9.18 Å². The summed E-state index contributed by atoms with van der Waals surface area (Å²) in [5.74, 6) is -0.191. The van der Waals surface area contributed by atoms with E-state index in [-0.39, 0.29) is 18.7 Å². The van der Waals surface area contributed by atoms with Crippen molar-refractivity contribution in [3.05, 3.63) is 0 Å². The van der Waals surface area contributed by atoms with Gasteiger partial charge >= 0.3 is 5.97 Å². The lowest BCUT2D eigenvalue weighted by Crippen LogP contribution is -2.10. The van der Waals surface area contributed by atoms with Crippen molar-refractivity contribution in [2.24, 2.45) is 0 Å². The van der Waals surface area contributed by atoms with Gasteiger partial charge in [0.15, 0.2) is 0 Å². The van der Waals surface area contributed by atoms with Crippen LogP contribution in [0.5, 0.6) is 0 Å². The van der Waals surface area contributed by atoms with Crippen molar-refractivity contribution < 1.29 is 19.0 Å². The molecular weight excluding hydrogens is 139 g/mol. The molecule has 0 aromatic heterocycles. The number of carbonyl (C=O) groups is 1. The Morgan fingerprint density at radius 3 is 2.60 bits per heavy atom. The zero-order valence-electron chi connectivity index (χ0n) is 5.84. The normalized spacial score (nSPS) is 23.1. The first-order valence-electron chi connectivity index (χ1n) is 3.01. The van der Waals surface area contributed by atoms with E-state index in [0.29, 0.717) is 20.0 Å². The first-order valence-corrected chi connectivity index (χ1v) is 3.01. The van der Waals surface area contributed by atoms with Crippen LogP contribution in [0.3, 0.4) is 0 Å². The molecular formula is C6H11FO3. The van der Waals surface area contributed by atoms with Crippen LogP contribution in [0.25, 0.3) is 0 Å². The Labute approximate surface area is 58.8 Å². The molecule has 1 atom stereocenters. The Morgan fingerprint density at radius 1 is 1.80 bits per heavy atom. The van der Waals surface area contributed by atoms with Crippen LogP contribution < -0.4 is 0 Å². The SMILES string of the molecule is CF.O=C1CCC(CO)O1. The molecule has 0 aliphatic carbocycles. The molecule has 0 bridgehead atoms. The summed E-state index contributed by atoms with van der Waals surface area (Å²) in [6, 6.07) is 0. The molecule has 4 heteroatoms. The first kappa shape index (κ1) is 9.36. The maximum Gasteiger partial charge on any atom is 0.306 e. The summed E-state index contributed by atoms with van der Waals surface area (Å²) in [4.78, 5) is 10.3. The van der Waals surface area contributed by atoms with E-state index >= 15 is 0 Å². The smallest absolute Gasteiger partial charge is 0.306 e. The molecule has 1 N–H and O–H groups in total. The van der Waals surface area contributed by atoms with Crippen LogP contribution in [-0.4, -0.2) is 31.0 Å². The number of rotatable bonds is 1.